The summed E-state index contributed by atoms with van der Waals surface area (Å²) in [4.78, 5) is 0. The summed E-state index contributed by atoms with van der Waals surface area (Å²) >= 11 is 0. The molecule has 38 valence electrons. The summed E-state index contributed by atoms with van der Waals surface area (Å²) in [6, 6.07) is 5.19. The van der Waals surface area contributed by atoms with Crippen LogP contribution in [-0.2, 0) is 0 Å². The number of hydrogen-bond donors (Lipinski definition) is 0. The van der Waals surface area contributed by atoms with Crippen molar-refractivity contribution in [1.29, 1.82) is 5.26 Å². The molecule has 0 aliphatic carbocycles. The van der Waals surface area contributed by atoms with Crippen molar-refractivity contribution in [2.75, 3.05) is 0 Å². The van der Waals surface area contributed by atoms with Gasteiger partial charge in [-0.15, -0.1) is 0 Å². The quantitative estimate of drug-likeness (QED) is 0.469. The molecule has 0 saturated heterocycles. The molecule has 0 unspecified atom stereocenters. The Hall–Kier alpha value is -1.36. The highest BCUT2D eigenvalue weighted by Crippen LogP contribution is 1.92. The zero-order valence-electron chi connectivity index (χ0n) is 4.16. The van der Waals surface area contributed by atoms with E-state index in [1.54, 1.807) is 12.1 Å². The summed E-state index contributed by atoms with van der Waals surface area (Å²) in [7, 11) is 0. The normalized spacial score (nSPS) is 7.88. The Morgan fingerprint density at radius 3 is 2.38 bits per heavy atom. The van der Waals surface area contributed by atoms with Crippen molar-refractivity contribution in [3.63, 3.8) is 0 Å². The van der Waals surface area contributed by atoms with Crippen LogP contribution in [0.2, 0.25) is 0 Å². The Balaban J connectivity index is 3.05. The molecule has 0 bridgehead atoms. The van der Waals surface area contributed by atoms with E-state index in [-0.39, 0.29) is 0 Å². The highest BCUT2D eigenvalue weighted by atomic mass is 16.3. The van der Waals surface area contributed by atoms with Gasteiger partial charge in [-0.2, -0.15) is 5.26 Å². The van der Waals surface area contributed by atoms with E-state index in [0.717, 1.165) is 0 Å². The van der Waals surface area contributed by atoms with Gasteiger partial charge in [-0.3, -0.25) is 0 Å². The van der Waals surface area contributed by atoms with Gasteiger partial charge in [0.2, 0.25) is 0 Å². The largest absolute Gasteiger partial charge is 0.319 e. The van der Waals surface area contributed by atoms with Crippen LogP contribution in [0.5, 0.6) is 0 Å². The Kier molecular flexibility index (Phi) is 1.25. The zero-order chi connectivity index (χ0) is 5.82. The summed E-state index contributed by atoms with van der Waals surface area (Å²) in [6.45, 7) is 0. The van der Waals surface area contributed by atoms with Crippen LogP contribution in [0.4, 0.5) is 0 Å². The summed E-state index contributed by atoms with van der Waals surface area (Å²) in [5.74, 6) is 0. The smallest absolute Gasteiger partial charge is 0.224 e. The Morgan fingerprint density at radius 1 is 1.38 bits per heavy atom. The van der Waals surface area contributed by atoms with Gasteiger partial charge in [-0.1, -0.05) is 0 Å². The maximum absolute atomic E-state index is 8.25. The van der Waals surface area contributed by atoms with Crippen molar-refractivity contribution in [3.05, 3.63) is 30.2 Å². The molecule has 0 N–H and O–H groups in total. The molecule has 1 aromatic heterocycles. The van der Waals surface area contributed by atoms with E-state index in [1.807, 2.05) is 6.07 Å². The molecule has 0 aliphatic rings. The van der Waals surface area contributed by atoms with Crippen LogP contribution in [0.15, 0.2) is 29.1 Å². The average Bonchev–Trinajstić information content (AvgIpc) is 1.90. The first-order valence-electron chi connectivity index (χ1n) is 2.19. The third-order valence-corrected chi connectivity index (χ3v) is 0.781. The lowest BCUT2D eigenvalue weighted by Crippen LogP contribution is -1.66. The first kappa shape index (κ1) is 4.79. The average molecular weight is 106 g/mol. The van der Waals surface area contributed by atoms with Gasteiger partial charge in [0, 0.05) is 0 Å². The lowest BCUT2D eigenvalue weighted by atomic mass is 10.3. The number of nitriles is 1. The number of rotatable bonds is 0. The Labute approximate surface area is 47.0 Å². The molecule has 0 aromatic carbocycles. The third-order valence-electron chi connectivity index (χ3n) is 0.781. The molecule has 1 aromatic rings. The van der Waals surface area contributed by atoms with E-state index >= 15 is 0 Å². The Morgan fingerprint density at radius 2 is 2.00 bits per heavy atom. The van der Waals surface area contributed by atoms with Gasteiger partial charge >= 0.3 is 12.5 Å². The molecule has 8 heavy (non-hydrogen) atoms. The molecule has 1 heterocycles. The van der Waals surface area contributed by atoms with Gasteiger partial charge in [0.1, 0.15) is 0 Å². The van der Waals surface area contributed by atoms with Crippen molar-refractivity contribution >= 4 is 0 Å². The highest BCUT2D eigenvalue weighted by molar-refractivity contribution is 5.23. The fraction of sp³-hybridized carbons (Fsp3) is 0. The lowest BCUT2D eigenvalue weighted by Gasteiger charge is -1.70. The van der Waals surface area contributed by atoms with E-state index in [9.17, 15) is 0 Å². The summed E-state index contributed by atoms with van der Waals surface area (Å²) in [6.07, 6.45) is 2.94. The van der Waals surface area contributed by atoms with Crippen molar-refractivity contribution < 1.29 is 4.42 Å². The van der Waals surface area contributed by atoms with Crippen LogP contribution < -0.4 is 0 Å². The molecule has 0 saturated carbocycles. The van der Waals surface area contributed by atoms with Crippen LogP contribution in [0.25, 0.3) is 0 Å². The van der Waals surface area contributed by atoms with E-state index in [0.29, 0.717) is 5.56 Å². The molecule has 1 rings (SSSR count). The topological polar surface area (TPSA) is 35.1 Å². The number of nitrogens with zero attached hydrogens (tertiary/aromatic N) is 1. The van der Waals surface area contributed by atoms with Gasteiger partial charge in [0.05, 0.1) is 23.8 Å². The Bertz CT molecular complexity index is 200. The van der Waals surface area contributed by atoms with Crippen LogP contribution >= 0.6 is 0 Å². The second-order valence-electron chi connectivity index (χ2n) is 1.31. The van der Waals surface area contributed by atoms with Crippen molar-refractivity contribution in [2.24, 2.45) is 0 Å². The van der Waals surface area contributed by atoms with Crippen molar-refractivity contribution in [1.82, 2.24) is 0 Å². The SMILES string of the molecule is N#Cc1cc[o+]cc1. The van der Waals surface area contributed by atoms with Gasteiger partial charge in [-0.25, -0.2) is 4.42 Å². The highest BCUT2D eigenvalue weighted by Gasteiger charge is 1.89. The fourth-order valence-corrected chi connectivity index (χ4v) is 0.401. The molecule has 0 fully saturated rings. The molecule has 0 spiro atoms. The van der Waals surface area contributed by atoms with E-state index < -0.39 is 0 Å². The van der Waals surface area contributed by atoms with Crippen LogP contribution in [0.1, 0.15) is 5.56 Å². The van der Waals surface area contributed by atoms with E-state index in [4.69, 9.17) is 5.26 Å². The second-order valence-corrected chi connectivity index (χ2v) is 1.31. The summed E-state index contributed by atoms with van der Waals surface area (Å²) in [5.41, 5.74) is 0.622. The predicted molar refractivity (Wildman–Crippen MR) is 27.8 cm³/mol. The molecular weight excluding hydrogens is 102 g/mol. The summed E-state index contributed by atoms with van der Waals surface area (Å²) in [5, 5.41) is 8.25. The van der Waals surface area contributed by atoms with Crippen molar-refractivity contribution in [2.45, 2.75) is 0 Å². The first-order chi connectivity index (χ1) is 3.93. The van der Waals surface area contributed by atoms with Crippen molar-refractivity contribution in [3.8, 4) is 6.07 Å². The molecule has 0 radical (unpaired) electrons. The molecule has 0 amide bonds. The van der Waals surface area contributed by atoms with E-state index in [2.05, 4.69) is 4.42 Å². The minimum atomic E-state index is 0.622. The second kappa shape index (κ2) is 2.08. The molecule has 2 nitrogen and oxygen atoms in total. The van der Waals surface area contributed by atoms with Gasteiger partial charge < -0.3 is 0 Å². The third kappa shape index (κ3) is 0.824. The van der Waals surface area contributed by atoms with E-state index in [1.165, 1.54) is 12.5 Å². The van der Waals surface area contributed by atoms with Crippen LogP contribution in [0, 0.1) is 11.3 Å². The van der Waals surface area contributed by atoms with Crippen LogP contribution in [-0.4, -0.2) is 0 Å². The number of hydrogen-bond acceptors (Lipinski definition) is 1. The lowest BCUT2D eigenvalue weighted by molar-refractivity contribution is 0.549. The molecule has 0 atom stereocenters. The standard InChI is InChI=1S/C6H4NO/c7-5-6-1-3-8-4-2-6/h1-4H/q+1. The maximum atomic E-state index is 8.25. The minimum absolute atomic E-state index is 0.622. The van der Waals surface area contributed by atoms with Crippen LogP contribution in [0.3, 0.4) is 0 Å². The van der Waals surface area contributed by atoms with Gasteiger partial charge in [0.15, 0.2) is 0 Å². The maximum Gasteiger partial charge on any atom is 0.319 e. The molecule has 0 aliphatic heterocycles. The minimum Gasteiger partial charge on any atom is -0.224 e. The van der Waals surface area contributed by atoms with Gasteiger partial charge in [-0.05, 0) is 0 Å². The summed E-state index contributed by atoms with van der Waals surface area (Å²) < 4.78 is 4.67. The predicted octanol–water partition coefficient (Wildman–Crippen LogP) is 1.43. The molecular formula is C6H4NO+. The molecule has 2 heteroatoms. The fourth-order valence-electron chi connectivity index (χ4n) is 0.401. The van der Waals surface area contributed by atoms with Gasteiger partial charge in [0.25, 0.3) is 0 Å². The monoisotopic (exact) mass is 106 g/mol. The first-order valence-corrected chi connectivity index (χ1v) is 2.19. The zero-order valence-corrected chi connectivity index (χ0v) is 4.16.